The van der Waals surface area contributed by atoms with E-state index in [-0.39, 0.29) is 25.0 Å². The zero-order chi connectivity index (χ0) is 21.7. The molecule has 10 nitrogen and oxygen atoms in total. The quantitative estimate of drug-likeness (QED) is 0.614. The molecule has 1 aromatic heterocycles. The minimum absolute atomic E-state index is 0.0561. The number of amides is 1. The number of carbonyl (C=O) groups is 1. The van der Waals surface area contributed by atoms with Crippen LogP contribution < -0.4 is 20.6 Å². The van der Waals surface area contributed by atoms with E-state index in [9.17, 15) is 14.0 Å². The lowest BCUT2D eigenvalue weighted by Crippen LogP contribution is -2.36. The van der Waals surface area contributed by atoms with Gasteiger partial charge in [-0.3, -0.25) is 0 Å². The van der Waals surface area contributed by atoms with Gasteiger partial charge in [0, 0.05) is 30.2 Å². The van der Waals surface area contributed by atoms with E-state index in [0.717, 1.165) is 27.9 Å². The van der Waals surface area contributed by atoms with Gasteiger partial charge in [-0.2, -0.15) is 5.10 Å². The molecule has 2 aromatic rings. The number of anilines is 1. The highest BCUT2D eigenvalue weighted by molar-refractivity contribution is 9.10. The van der Waals surface area contributed by atoms with Gasteiger partial charge in [0.1, 0.15) is 12.1 Å². The zero-order valence-corrected chi connectivity index (χ0v) is 17.8. The summed E-state index contributed by atoms with van der Waals surface area (Å²) in [4.78, 5) is 25.6. The number of ether oxygens (including phenoxy) is 2. The highest BCUT2D eigenvalue weighted by atomic mass is 79.9. The first-order valence-corrected chi connectivity index (χ1v) is 9.84. The van der Waals surface area contributed by atoms with Crippen LogP contribution >= 0.6 is 15.9 Å². The van der Waals surface area contributed by atoms with E-state index in [0.29, 0.717) is 24.7 Å². The molecule has 0 bridgehead atoms. The summed E-state index contributed by atoms with van der Waals surface area (Å²) in [5.74, 6) is 0.468. The van der Waals surface area contributed by atoms with Gasteiger partial charge in [0.05, 0.1) is 44.6 Å². The molecule has 1 aliphatic rings. The monoisotopic (exact) mass is 485 g/mol. The predicted molar refractivity (Wildman–Crippen MR) is 110 cm³/mol. The first-order valence-electron chi connectivity index (χ1n) is 9.04. The summed E-state index contributed by atoms with van der Waals surface area (Å²) >= 11 is 3.56. The third-order valence-corrected chi connectivity index (χ3v) is 5.20. The Morgan fingerprint density at radius 3 is 2.77 bits per heavy atom. The molecule has 0 atom stereocenters. The Morgan fingerprint density at radius 2 is 2.13 bits per heavy atom. The Kier molecular flexibility index (Phi) is 7.11. The summed E-state index contributed by atoms with van der Waals surface area (Å²) in [6.45, 7) is 2.28. The normalized spacial score (nSPS) is 14.6. The van der Waals surface area contributed by atoms with Crippen molar-refractivity contribution in [2.24, 2.45) is 0 Å². The topological polar surface area (TPSA) is 111 Å². The smallest absolute Gasteiger partial charge is 0.404 e. The summed E-state index contributed by atoms with van der Waals surface area (Å²) in [5.41, 5.74) is 0.920. The summed E-state index contributed by atoms with van der Waals surface area (Å²) in [6, 6.07) is 3.59. The van der Waals surface area contributed by atoms with Gasteiger partial charge in [-0.1, -0.05) is 0 Å². The number of aromatic nitrogens is 3. The second-order valence-electron chi connectivity index (χ2n) is 6.44. The van der Waals surface area contributed by atoms with Gasteiger partial charge in [0.2, 0.25) is 0 Å². The number of methoxy groups -OCH3 is 1. The molecule has 12 heteroatoms. The van der Waals surface area contributed by atoms with Crippen molar-refractivity contribution >= 4 is 27.7 Å². The Bertz CT molecular complexity index is 999. The van der Waals surface area contributed by atoms with Crippen LogP contribution in [0, 0.1) is 0 Å². The predicted octanol–water partition coefficient (Wildman–Crippen LogP) is 1.76. The second-order valence-corrected chi connectivity index (χ2v) is 7.30. The third kappa shape index (κ3) is 4.82. The van der Waals surface area contributed by atoms with Gasteiger partial charge in [-0.25, -0.2) is 23.2 Å². The van der Waals surface area contributed by atoms with Crippen molar-refractivity contribution in [3.63, 3.8) is 0 Å². The van der Waals surface area contributed by atoms with Crippen molar-refractivity contribution < 1.29 is 23.8 Å². The minimum Gasteiger partial charge on any atom is -0.494 e. The van der Waals surface area contributed by atoms with E-state index < -0.39 is 11.8 Å². The average molecular weight is 486 g/mol. The molecule has 0 saturated carbocycles. The molecular formula is C18H21BrFN5O5. The summed E-state index contributed by atoms with van der Waals surface area (Å²) in [6.07, 6.45) is 0.277. The Hall–Kier alpha value is -2.86. The molecule has 0 aliphatic carbocycles. The minimum atomic E-state index is -1.29. The van der Waals surface area contributed by atoms with Crippen molar-refractivity contribution in [3.8, 4) is 11.4 Å². The molecule has 1 aliphatic heterocycles. The molecule has 2 heterocycles. The van der Waals surface area contributed by atoms with Crippen LogP contribution in [0.15, 0.2) is 39.6 Å². The first-order chi connectivity index (χ1) is 14.4. The highest BCUT2D eigenvalue weighted by Gasteiger charge is 2.20. The molecule has 162 valence electrons. The molecule has 30 heavy (non-hydrogen) atoms. The number of morpholine rings is 1. The fourth-order valence-corrected chi connectivity index (χ4v) is 3.63. The number of nitrogens with one attached hydrogen (secondary N) is 1. The summed E-state index contributed by atoms with van der Waals surface area (Å²) in [7, 11) is 1.51. The SMILES string of the molecule is COc1cc(N2CCOCC2)c(Br)cc1-n1cnn(CC(=CF)CNC(=O)O)c1=O. The fraction of sp³-hybridized carbons (Fsp3) is 0.389. The molecule has 0 unspecified atom stereocenters. The molecule has 0 spiro atoms. The average Bonchev–Trinajstić information content (AvgIpc) is 3.11. The van der Waals surface area contributed by atoms with Crippen LogP contribution in [0.2, 0.25) is 0 Å². The number of carboxylic acid groups (broad SMARTS) is 1. The first kappa shape index (κ1) is 21.8. The van der Waals surface area contributed by atoms with E-state index in [4.69, 9.17) is 14.6 Å². The number of halogens is 2. The number of benzene rings is 1. The Morgan fingerprint density at radius 1 is 1.40 bits per heavy atom. The van der Waals surface area contributed by atoms with Gasteiger partial charge >= 0.3 is 11.8 Å². The van der Waals surface area contributed by atoms with E-state index in [1.165, 1.54) is 18.0 Å². The third-order valence-electron chi connectivity index (χ3n) is 4.57. The van der Waals surface area contributed by atoms with Crippen LogP contribution in [0.3, 0.4) is 0 Å². The molecule has 1 amide bonds. The van der Waals surface area contributed by atoms with Gasteiger partial charge in [0.25, 0.3) is 0 Å². The highest BCUT2D eigenvalue weighted by Crippen LogP contribution is 2.35. The largest absolute Gasteiger partial charge is 0.494 e. The lowest BCUT2D eigenvalue weighted by Gasteiger charge is -2.30. The molecular weight excluding hydrogens is 465 g/mol. The second kappa shape index (κ2) is 9.76. The molecule has 0 radical (unpaired) electrons. The lowest BCUT2D eigenvalue weighted by molar-refractivity contribution is 0.122. The van der Waals surface area contributed by atoms with E-state index in [1.807, 2.05) is 6.07 Å². The van der Waals surface area contributed by atoms with Gasteiger partial charge < -0.3 is 24.8 Å². The molecule has 1 fully saturated rings. The van der Waals surface area contributed by atoms with E-state index in [2.05, 4.69) is 31.2 Å². The van der Waals surface area contributed by atoms with E-state index >= 15 is 0 Å². The maximum atomic E-state index is 13.1. The van der Waals surface area contributed by atoms with Crippen molar-refractivity contribution in [3.05, 3.63) is 45.3 Å². The van der Waals surface area contributed by atoms with Gasteiger partial charge in [-0.15, -0.1) is 0 Å². The van der Waals surface area contributed by atoms with Crippen LogP contribution in [0.1, 0.15) is 0 Å². The van der Waals surface area contributed by atoms with Crippen molar-refractivity contribution in [1.82, 2.24) is 19.7 Å². The maximum Gasteiger partial charge on any atom is 0.404 e. The van der Waals surface area contributed by atoms with Crippen LogP contribution in [-0.2, 0) is 11.3 Å². The van der Waals surface area contributed by atoms with Crippen molar-refractivity contribution in [1.29, 1.82) is 0 Å². The van der Waals surface area contributed by atoms with Crippen LogP contribution in [0.4, 0.5) is 14.9 Å². The van der Waals surface area contributed by atoms with Crippen molar-refractivity contribution in [2.45, 2.75) is 6.54 Å². The summed E-state index contributed by atoms with van der Waals surface area (Å²) in [5, 5.41) is 14.7. The van der Waals surface area contributed by atoms with Crippen LogP contribution in [0.5, 0.6) is 5.75 Å². The fourth-order valence-electron chi connectivity index (χ4n) is 3.05. The van der Waals surface area contributed by atoms with Crippen LogP contribution in [0.25, 0.3) is 5.69 Å². The molecule has 1 aromatic carbocycles. The number of hydrogen-bond donors (Lipinski definition) is 2. The van der Waals surface area contributed by atoms with Crippen LogP contribution in [-0.4, -0.2) is 65.5 Å². The number of nitrogens with zero attached hydrogens (tertiary/aromatic N) is 4. The molecule has 3 rings (SSSR count). The maximum absolute atomic E-state index is 13.1. The standard InChI is InChI=1S/C18H21BrFN5O5/c1-29-16-7-14(23-2-4-30-5-3-23)13(19)6-15(16)24-11-22-25(18(24)28)10-12(8-20)9-21-17(26)27/h6-8,11,21H,2-5,9-10H2,1H3,(H,26,27). The van der Waals surface area contributed by atoms with Gasteiger partial charge in [0.15, 0.2) is 0 Å². The van der Waals surface area contributed by atoms with Crippen molar-refractivity contribution in [2.75, 3.05) is 44.9 Å². The Balaban J connectivity index is 1.90. The number of rotatable bonds is 7. The van der Waals surface area contributed by atoms with E-state index in [1.54, 1.807) is 6.07 Å². The zero-order valence-electron chi connectivity index (χ0n) is 16.2. The Labute approximate surface area is 179 Å². The molecule has 1 saturated heterocycles. The van der Waals surface area contributed by atoms with Gasteiger partial charge in [-0.05, 0) is 27.6 Å². The lowest BCUT2D eigenvalue weighted by atomic mass is 10.2. The molecule has 2 N–H and O–H groups in total. The number of hydrogen-bond acceptors (Lipinski definition) is 6. The summed E-state index contributed by atoms with van der Waals surface area (Å²) < 4.78 is 27.0.